The average Bonchev–Trinajstić information content (AvgIpc) is 2.93. The lowest BCUT2D eigenvalue weighted by atomic mass is 10.0. The Morgan fingerprint density at radius 3 is 2.50 bits per heavy atom. The second-order valence-electron chi connectivity index (χ2n) is 5.07. The Hall–Kier alpha value is -2.22. The molecule has 0 aliphatic carbocycles. The van der Waals surface area contributed by atoms with E-state index in [9.17, 15) is 20.3 Å². The molecule has 0 fully saturated rings. The van der Waals surface area contributed by atoms with Crippen LogP contribution in [0.2, 0.25) is 0 Å². The highest BCUT2D eigenvalue weighted by atomic mass is 16.6. The molecular weight excluding hydrogens is 286 g/mol. The van der Waals surface area contributed by atoms with Crippen LogP contribution in [0.5, 0.6) is 0 Å². The maximum atomic E-state index is 10.6. The summed E-state index contributed by atoms with van der Waals surface area (Å²) in [7, 11) is 1.91. The van der Waals surface area contributed by atoms with Gasteiger partial charge in [-0.25, -0.2) is 0 Å². The van der Waals surface area contributed by atoms with E-state index >= 15 is 0 Å². The van der Waals surface area contributed by atoms with E-state index in [1.807, 2.05) is 29.9 Å². The highest BCUT2D eigenvalue weighted by molar-refractivity contribution is 5.34. The van der Waals surface area contributed by atoms with Gasteiger partial charge >= 0.3 is 0 Å². The Balaban J connectivity index is 2.03. The molecule has 0 aliphatic rings. The van der Waals surface area contributed by atoms with Crippen molar-refractivity contribution < 1.29 is 15.1 Å². The highest BCUT2D eigenvalue weighted by Crippen LogP contribution is 2.20. The van der Waals surface area contributed by atoms with Crippen molar-refractivity contribution in [2.24, 2.45) is 7.05 Å². The summed E-state index contributed by atoms with van der Waals surface area (Å²) in [6.07, 6.45) is 0.962. The zero-order valence-electron chi connectivity index (χ0n) is 12.2. The monoisotopic (exact) mass is 305 g/mol. The van der Waals surface area contributed by atoms with Gasteiger partial charge in [-0.05, 0) is 29.8 Å². The van der Waals surface area contributed by atoms with Gasteiger partial charge in [0.05, 0.1) is 23.7 Å². The van der Waals surface area contributed by atoms with E-state index in [1.54, 1.807) is 0 Å². The van der Waals surface area contributed by atoms with E-state index < -0.39 is 17.1 Å². The van der Waals surface area contributed by atoms with E-state index in [4.69, 9.17) is 0 Å². The molecule has 2 unspecified atom stereocenters. The number of nitrogens with zero attached hydrogens (tertiary/aromatic N) is 2. The van der Waals surface area contributed by atoms with Crippen LogP contribution < -0.4 is 5.32 Å². The Morgan fingerprint density at radius 2 is 2.00 bits per heavy atom. The number of rotatable bonds is 7. The van der Waals surface area contributed by atoms with Crippen LogP contribution in [-0.4, -0.2) is 32.4 Å². The van der Waals surface area contributed by atoms with E-state index in [2.05, 4.69) is 5.32 Å². The van der Waals surface area contributed by atoms with Crippen molar-refractivity contribution in [2.45, 2.75) is 18.7 Å². The molecule has 118 valence electrons. The van der Waals surface area contributed by atoms with E-state index in [0.717, 1.165) is 5.69 Å². The molecule has 7 nitrogen and oxygen atoms in total. The number of nitro groups is 1. The molecule has 7 heteroatoms. The fourth-order valence-corrected chi connectivity index (χ4v) is 2.22. The second-order valence-corrected chi connectivity index (χ2v) is 5.07. The summed E-state index contributed by atoms with van der Waals surface area (Å²) in [4.78, 5) is 10.1. The van der Waals surface area contributed by atoms with Crippen LogP contribution in [0.3, 0.4) is 0 Å². The summed E-state index contributed by atoms with van der Waals surface area (Å²) in [5.74, 6) is 0. The number of nitro benzene ring substituents is 1. The van der Waals surface area contributed by atoms with E-state index in [-0.39, 0.29) is 12.3 Å². The number of non-ortho nitro benzene ring substituents is 1. The zero-order chi connectivity index (χ0) is 16.1. The molecule has 1 aromatic heterocycles. The first-order chi connectivity index (χ1) is 10.5. The maximum Gasteiger partial charge on any atom is 0.269 e. The molecule has 1 heterocycles. The van der Waals surface area contributed by atoms with Crippen LogP contribution in [0, 0.1) is 10.1 Å². The molecule has 2 aromatic rings. The number of aliphatic hydroxyl groups is 2. The molecular formula is C15H19N3O4. The van der Waals surface area contributed by atoms with Gasteiger partial charge in [0.2, 0.25) is 0 Å². The molecule has 0 radical (unpaired) electrons. The summed E-state index contributed by atoms with van der Waals surface area (Å²) < 4.78 is 1.94. The summed E-state index contributed by atoms with van der Waals surface area (Å²) in [5, 5.41) is 33.5. The molecule has 0 spiro atoms. The number of hydrogen-bond acceptors (Lipinski definition) is 5. The van der Waals surface area contributed by atoms with Crippen molar-refractivity contribution in [3.63, 3.8) is 0 Å². The molecule has 0 saturated heterocycles. The number of aryl methyl sites for hydroxylation is 1. The topological polar surface area (TPSA) is 101 Å². The fourth-order valence-electron chi connectivity index (χ4n) is 2.22. The summed E-state index contributed by atoms with van der Waals surface area (Å²) >= 11 is 0. The van der Waals surface area contributed by atoms with Crippen molar-refractivity contribution in [1.82, 2.24) is 9.88 Å². The molecule has 22 heavy (non-hydrogen) atoms. The minimum absolute atomic E-state index is 0.0340. The quantitative estimate of drug-likeness (QED) is 0.525. The second kappa shape index (κ2) is 7.17. The lowest BCUT2D eigenvalue weighted by Gasteiger charge is -2.22. The zero-order valence-corrected chi connectivity index (χ0v) is 12.2. The number of hydrogen-bond donors (Lipinski definition) is 3. The number of aliphatic hydroxyl groups excluding tert-OH is 2. The van der Waals surface area contributed by atoms with Crippen LogP contribution >= 0.6 is 0 Å². The van der Waals surface area contributed by atoms with Gasteiger partial charge in [-0.3, -0.25) is 10.1 Å². The normalized spacial score (nSPS) is 13.8. The van der Waals surface area contributed by atoms with Gasteiger partial charge in [-0.1, -0.05) is 0 Å². The molecule has 0 amide bonds. The Bertz CT molecular complexity index is 624. The van der Waals surface area contributed by atoms with Gasteiger partial charge < -0.3 is 20.1 Å². The van der Waals surface area contributed by atoms with E-state index in [1.165, 1.54) is 24.3 Å². The van der Waals surface area contributed by atoms with Crippen LogP contribution in [0.1, 0.15) is 17.4 Å². The number of nitrogens with one attached hydrogen (secondary N) is 1. The minimum atomic E-state index is -0.953. The number of aromatic nitrogens is 1. The van der Waals surface area contributed by atoms with Crippen molar-refractivity contribution in [2.75, 3.05) is 6.61 Å². The Kier molecular flexibility index (Phi) is 5.26. The van der Waals surface area contributed by atoms with Gasteiger partial charge in [0.15, 0.2) is 0 Å². The smallest absolute Gasteiger partial charge is 0.269 e. The first-order valence-corrected chi connectivity index (χ1v) is 6.89. The molecule has 2 rings (SSSR count). The fraction of sp³-hybridized carbons (Fsp3) is 0.333. The molecule has 0 saturated carbocycles. The molecule has 2 atom stereocenters. The predicted molar refractivity (Wildman–Crippen MR) is 81.2 cm³/mol. The minimum Gasteiger partial charge on any atom is -0.395 e. The highest BCUT2D eigenvalue weighted by Gasteiger charge is 2.20. The van der Waals surface area contributed by atoms with Gasteiger partial charge in [0.25, 0.3) is 5.69 Å². The molecule has 3 N–H and O–H groups in total. The van der Waals surface area contributed by atoms with Gasteiger partial charge in [-0.2, -0.15) is 0 Å². The van der Waals surface area contributed by atoms with Crippen molar-refractivity contribution in [1.29, 1.82) is 0 Å². The SMILES string of the molecule is Cn1cccc1CNC(CO)C(O)c1ccc([N+](=O)[O-])cc1. The maximum absolute atomic E-state index is 10.6. The van der Waals surface area contributed by atoms with Gasteiger partial charge in [-0.15, -0.1) is 0 Å². The van der Waals surface area contributed by atoms with Crippen LogP contribution in [0.4, 0.5) is 5.69 Å². The molecule has 0 aliphatic heterocycles. The summed E-state index contributed by atoms with van der Waals surface area (Å²) in [5.41, 5.74) is 1.51. The standard InChI is InChI=1S/C15H19N3O4/c1-17-8-2-3-13(17)9-16-14(10-19)15(20)11-4-6-12(7-5-11)18(21)22/h2-8,14-16,19-20H,9-10H2,1H3. The third-order valence-electron chi connectivity index (χ3n) is 3.62. The van der Waals surface area contributed by atoms with Crippen LogP contribution in [0.15, 0.2) is 42.6 Å². The van der Waals surface area contributed by atoms with Crippen molar-refractivity contribution in [3.8, 4) is 0 Å². The third kappa shape index (κ3) is 3.70. The first-order valence-electron chi connectivity index (χ1n) is 6.89. The van der Waals surface area contributed by atoms with Crippen LogP contribution in [-0.2, 0) is 13.6 Å². The van der Waals surface area contributed by atoms with Crippen molar-refractivity contribution >= 4 is 5.69 Å². The average molecular weight is 305 g/mol. The predicted octanol–water partition coefficient (Wildman–Crippen LogP) is 1.12. The summed E-state index contributed by atoms with van der Waals surface area (Å²) in [6, 6.07) is 8.97. The van der Waals surface area contributed by atoms with Crippen LogP contribution in [0.25, 0.3) is 0 Å². The third-order valence-corrected chi connectivity index (χ3v) is 3.62. The van der Waals surface area contributed by atoms with Crippen molar-refractivity contribution in [3.05, 3.63) is 64.0 Å². The van der Waals surface area contributed by atoms with Gasteiger partial charge in [0, 0.05) is 37.6 Å². The summed E-state index contributed by atoms with van der Waals surface area (Å²) in [6.45, 7) is 0.251. The Morgan fingerprint density at radius 1 is 1.32 bits per heavy atom. The number of benzene rings is 1. The van der Waals surface area contributed by atoms with Gasteiger partial charge in [0.1, 0.15) is 0 Å². The largest absolute Gasteiger partial charge is 0.395 e. The first kappa shape index (κ1) is 16.2. The lowest BCUT2D eigenvalue weighted by Crippen LogP contribution is -2.38. The lowest BCUT2D eigenvalue weighted by molar-refractivity contribution is -0.384. The molecule has 0 bridgehead atoms. The Labute approximate surface area is 128 Å². The van der Waals surface area contributed by atoms with E-state index in [0.29, 0.717) is 12.1 Å². The molecule has 1 aromatic carbocycles.